The molecule has 1 aromatic rings. The summed E-state index contributed by atoms with van der Waals surface area (Å²) in [7, 11) is 3.38. The second-order valence-corrected chi connectivity index (χ2v) is 7.53. The van der Waals surface area contributed by atoms with Crippen LogP contribution in [0.15, 0.2) is 6.07 Å². The number of hydrogen-bond acceptors (Lipinski definition) is 4. The number of imide groups is 1. The molecule has 0 heterocycles. The van der Waals surface area contributed by atoms with Gasteiger partial charge in [0.15, 0.2) is 0 Å². The highest BCUT2D eigenvalue weighted by Crippen LogP contribution is 2.28. The average Bonchev–Trinajstić information content (AvgIpc) is 2.44. The van der Waals surface area contributed by atoms with Gasteiger partial charge in [-0.3, -0.25) is 19.7 Å². The fourth-order valence-corrected chi connectivity index (χ4v) is 3.58. The molecular weight excluding hydrogens is 645 g/mol. The fourth-order valence-electron chi connectivity index (χ4n) is 1.15. The lowest BCUT2D eigenvalue weighted by molar-refractivity contribution is -0.118. The Labute approximate surface area is 174 Å². The summed E-state index contributed by atoms with van der Waals surface area (Å²) in [4.78, 5) is 44.6. The van der Waals surface area contributed by atoms with Gasteiger partial charge in [-0.1, -0.05) is 0 Å². The van der Waals surface area contributed by atoms with Crippen molar-refractivity contribution in [3.63, 3.8) is 0 Å². The molecule has 0 saturated carbocycles. The van der Waals surface area contributed by atoms with Crippen molar-refractivity contribution in [3.8, 4) is 0 Å². The standard InChI is InChI=1S/C10H6I3NO4.C3H7NO/c1-3(15)14-9(16)4-2-5(10(17)18)7(12)8(13)6(4)11;1-4(2)3-5/h2H,1H3,(H,17,18)(H,14,15,16);3H,1-2H3. The number of halogens is 3. The third-order valence-electron chi connectivity index (χ3n) is 2.12. The molecule has 23 heavy (non-hydrogen) atoms. The number of carboxylic acid groups (broad SMARTS) is 1. The maximum absolute atomic E-state index is 11.8. The zero-order valence-electron chi connectivity index (χ0n) is 12.3. The summed E-state index contributed by atoms with van der Waals surface area (Å²) in [6.07, 6.45) is 0.750. The number of benzene rings is 1. The molecule has 0 radical (unpaired) electrons. The number of carbonyl (C=O) groups is 4. The first kappa shape index (κ1) is 22.5. The molecule has 0 unspecified atom stereocenters. The highest BCUT2D eigenvalue weighted by molar-refractivity contribution is 14.1. The van der Waals surface area contributed by atoms with E-state index in [1.165, 1.54) is 17.9 Å². The van der Waals surface area contributed by atoms with E-state index in [0.29, 0.717) is 10.7 Å². The zero-order chi connectivity index (χ0) is 18.3. The van der Waals surface area contributed by atoms with Crippen LogP contribution >= 0.6 is 67.8 Å². The molecule has 0 fully saturated rings. The highest BCUT2D eigenvalue weighted by Gasteiger charge is 2.21. The van der Waals surface area contributed by atoms with Crippen molar-refractivity contribution in [3.05, 3.63) is 27.9 Å². The Morgan fingerprint density at radius 1 is 1.09 bits per heavy atom. The van der Waals surface area contributed by atoms with Crippen molar-refractivity contribution in [2.45, 2.75) is 6.92 Å². The average molecular weight is 658 g/mol. The van der Waals surface area contributed by atoms with Crippen LogP contribution in [0.2, 0.25) is 0 Å². The van der Waals surface area contributed by atoms with E-state index in [0.717, 1.165) is 6.41 Å². The molecule has 7 nitrogen and oxygen atoms in total. The van der Waals surface area contributed by atoms with Crippen LogP contribution in [0.5, 0.6) is 0 Å². The van der Waals surface area contributed by atoms with E-state index in [-0.39, 0.29) is 11.1 Å². The molecule has 1 aromatic carbocycles. The van der Waals surface area contributed by atoms with E-state index < -0.39 is 17.8 Å². The minimum Gasteiger partial charge on any atom is -0.478 e. The lowest BCUT2D eigenvalue weighted by Gasteiger charge is -2.10. The van der Waals surface area contributed by atoms with E-state index in [2.05, 4.69) is 5.32 Å². The molecule has 0 saturated heterocycles. The van der Waals surface area contributed by atoms with Crippen molar-refractivity contribution in [2.75, 3.05) is 14.1 Å². The molecule has 0 aliphatic carbocycles. The number of nitrogens with one attached hydrogen (secondary N) is 1. The summed E-state index contributed by atoms with van der Waals surface area (Å²) in [6.45, 7) is 1.22. The van der Waals surface area contributed by atoms with Crippen LogP contribution in [0.4, 0.5) is 0 Å². The van der Waals surface area contributed by atoms with Crippen LogP contribution in [-0.2, 0) is 9.59 Å². The number of carbonyl (C=O) groups excluding carboxylic acids is 3. The summed E-state index contributed by atoms with van der Waals surface area (Å²) in [5, 5.41) is 11.2. The summed E-state index contributed by atoms with van der Waals surface area (Å²) in [5.74, 6) is -2.18. The molecule has 0 aliphatic heterocycles. The molecule has 0 aromatic heterocycles. The van der Waals surface area contributed by atoms with Crippen molar-refractivity contribution >= 4 is 92.0 Å². The molecule has 0 bridgehead atoms. The smallest absolute Gasteiger partial charge is 0.336 e. The van der Waals surface area contributed by atoms with Gasteiger partial charge >= 0.3 is 5.97 Å². The van der Waals surface area contributed by atoms with E-state index in [1.54, 1.807) is 14.1 Å². The Balaban J connectivity index is 0.000000841. The monoisotopic (exact) mass is 658 g/mol. The minimum absolute atomic E-state index is 0.0501. The van der Waals surface area contributed by atoms with Gasteiger partial charge in [0.25, 0.3) is 5.91 Å². The van der Waals surface area contributed by atoms with Crippen molar-refractivity contribution in [1.82, 2.24) is 10.2 Å². The summed E-state index contributed by atoms with van der Waals surface area (Å²) < 4.78 is 1.88. The van der Waals surface area contributed by atoms with E-state index in [1.807, 2.05) is 67.8 Å². The maximum Gasteiger partial charge on any atom is 0.336 e. The molecule has 10 heteroatoms. The second-order valence-electron chi connectivity index (χ2n) is 4.30. The molecule has 0 spiro atoms. The quantitative estimate of drug-likeness (QED) is 0.295. The van der Waals surface area contributed by atoms with Gasteiger partial charge in [-0.15, -0.1) is 0 Å². The van der Waals surface area contributed by atoms with Crippen LogP contribution in [0.25, 0.3) is 0 Å². The largest absolute Gasteiger partial charge is 0.478 e. The number of nitrogens with zero attached hydrogens (tertiary/aromatic N) is 1. The lowest BCUT2D eigenvalue weighted by Crippen LogP contribution is -2.29. The van der Waals surface area contributed by atoms with Gasteiger partial charge in [0, 0.05) is 31.7 Å². The first-order valence-electron chi connectivity index (χ1n) is 5.87. The summed E-state index contributed by atoms with van der Waals surface area (Å²) >= 11 is 5.85. The first-order valence-corrected chi connectivity index (χ1v) is 9.10. The van der Waals surface area contributed by atoms with Gasteiger partial charge in [0.1, 0.15) is 0 Å². The van der Waals surface area contributed by atoms with Crippen LogP contribution in [-0.4, -0.2) is 48.3 Å². The van der Waals surface area contributed by atoms with Crippen molar-refractivity contribution in [2.24, 2.45) is 0 Å². The topological polar surface area (TPSA) is 104 Å². The van der Waals surface area contributed by atoms with E-state index in [9.17, 15) is 19.2 Å². The number of aromatic carboxylic acids is 1. The van der Waals surface area contributed by atoms with Gasteiger partial charge in [-0.25, -0.2) is 4.79 Å². The van der Waals surface area contributed by atoms with Crippen LogP contribution in [0.3, 0.4) is 0 Å². The minimum atomic E-state index is -1.11. The highest BCUT2D eigenvalue weighted by atomic mass is 127. The van der Waals surface area contributed by atoms with Gasteiger partial charge in [0.05, 0.1) is 11.1 Å². The van der Waals surface area contributed by atoms with Crippen LogP contribution in [0, 0.1) is 10.7 Å². The van der Waals surface area contributed by atoms with Gasteiger partial charge in [-0.2, -0.15) is 0 Å². The predicted molar refractivity (Wildman–Crippen MR) is 109 cm³/mol. The zero-order valence-corrected chi connectivity index (χ0v) is 18.8. The van der Waals surface area contributed by atoms with E-state index >= 15 is 0 Å². The van der Waals surface area contributed by atoms with Crippen LogP contribution in [0.1, 0.15) is 27.6 Å². The number of carboxylic acids is 1. The number of hydrogen-bond donors (Lipinski definition) is 2. The van der Waals surface area contributed by atoms with Crippen LogP contribution < -0.4 is 5.32 Å². The molecule has 0 aliphatic rings. The van der Waals surface area contributed by atoms with Gasteiger partial charge < -0.3 is 10.0 Å². The number of rotatable bonds is 3. The van der Waals surface area contributed by atoms with Gasteiger partial charge in [0.2, 0.25) is 12.3 Å². The number of amides is 3. The Kier molecular flexibility index (Phi) is 10.1. The Morgan fingerprint density at radius 2 is 1.52 bits per heavy atom. The molecule has 2 N–H and O–H groups in total. The Bertz CT molecular complexity index is 647. The molecule has 3 amide bonds. The predicted octanol–water partition coefficient (Wildman–Crippen LogP) is 2.18. The molecule has 0 atom stereocenters. The normalized spacial score (nSPS) is 9.30. The Hall–Kier alpha value is -0.510. The molecule has 1 rings (SSSR count). The second kappa shape index (κ2) is 10.4. The summed E-state index contributed by atoms with van der Waals surface area (Å²) in [6, 6.07) is 1.28. The molecule has 126 valence electrons. The van der Waals surface area contributed by atoms with Crippen molar-refractivity contribution in [1.29, 1.82) is 0 Å². The SMILES string of the molecule is CC(=O)NC(=O)c1cc(C(=O)O)c(I)c(I)c1I.CN(C)C=O. The maximum atomic E-state index is 11.8. The third kappa shape index (κ3) is 7.28. The van der Waals surface area contributed by atoms with Gasteiger partial charge in [-0.05, 0) is 73.8 Å². The fraction of sp³-hybridized carbons (Fsp3) is 0.231. The van der Waals surface area contributed by atoms with Crippen molar-refractivity contribution < 1.29 is 24.3 Å². The lowest BCUT2D eigenvalue weighted by atomic mass is 10.1. The third-order valence-corrected chi connectivity index (χ3v) is 7.51. The Morgan fingerprint density at radius 3 is 1.87 bits per heavy atom. The van der Waals surface area contributed by atoms with E-state index in [4.69, 9.17) is 5.11 Å². The summed E-state index contributed by atoms with van der Waals surface area (Å²) in [5.41, 5.74) is 0.238. The molecular formula is C13H13I3N2O5. The first-order chi connectivity index (χ1) is 10.5.